The highest BCUT2D eigenvalue weighted by Gasteiger charge is 2.21. The van der Waals surface area contributed by atoms with Gasteiger partial charge in [0.15, 0.2) is 0 Å². The van der Waals surface area contributed by atoms with Crippen molar-refractivity contribution in [3.05, 3.63) is 58.3 Å². The molecule has 1 atom stereocenters. The number of carbonyl (C=O) groups is 1. The maximum Gasteiger partial charge on any atom is 0.290 e. The Balaban J connectivity index is 0.000000706. The number of nitrogens with zero attached hydrogens (tertiary/aromatic N) is 2. The highest BCUT2D eigenvalue weighted by molar-refractivity contribution is 9.10. The van der Waals surface area contributed by atoms with E-state index in [4.69, 9.17) is 14.6 Å². The Bertz CT molecular complexity index is 898. The molecule has 1 fully saturated rings. The van der Waals surface area contributed by atoms with Gasteiger partial charge < -0.3 is 19.9 Å². The number of likely N-dealkylation sites (tertiary alicyclic amines) is 1. The summed E-state index contributed by atoms with van der Waals surface area (Å²) in [6, 6.07) is 14.0. The summed E-state index contributed by atoms with van der Waals surface area (Å²) in [6.45, 7) is 2.55. The van der Waals surface area contributed by atoms with Gasteiger partial charge in [0, 0.05) is 29.7 Å². The minimum atomic E-state index is -0.250. The third-order valence-corrected chi connectivity index (χ3v) is 4.96. The molecule has 4 rings (SSSR count). The number of benzene rings is 2. The van der Waals surface area contributed by atoms with Gasteiger partial charge in [-0.25, -0.2) is 4.98 Å². The number of ether oxygens (including phenoxy) is 1. The van der Waals surface area contributed by atoms with Crippen LogP contribution in [-0.4, -0.2) is 50.7 Å². The molecule has 28 heavy (non-hydrogen) atoms. The third kappa shape index (κ3) is 5.31. The number of H-pyrrole nitrogens is 1. The van der Waals surface area contributed by atoms with Crippen LogP contribution in [0.1, 0.15) is 17.8 Å². The molecule has 148 valence electrons. The summed E-state index contributed by atoms with van der Waals surface area (Å²) in [5.41, 5.74) is 3.07. The maximum absolute atomic E-state index is 9.73. The molecule has 1 aliphatic heterocycles. The molecule has 0 aliphatic carbocycles. The fourth-order valence-corrected chi connectivity index (χ4v) is 3.64. The molecule has 8 heteroatoms. The van der Waals surface area contributed by atoms with Crippen LogP contribution in [0.15, 0.2) is 46.9 Å². The molecule has 0 radical (unpaired) electrons. The first kappa shape index (κ1) is 20.3. The zero-order valence-corrected chi connectivity index (χ0v) is 16.8. The standard InChI is InChI=1S/C19H20BrN3O2.CH2O2/c20-14-5-6-18(13(9-14)10-23-8-7-15(24)11-23)25-12-19-21-16-3-1-2-4-17(16)22-19;2-1-3/h1-6,9,15,24H,7-8,10-12H2,(H,21,22);1H,(H,2,3)/t15-;/m0./s1. The predicted molar refractivity (Wildman–Crippen MR) is 109 cm³/mol. The Morgan fingerprint density at radius 1 is 1.32 bits per heavy atom. The van der Waals surface area contributed by atoms with Crippen molar-refractivity contribution in [1.29, 1.82) is 0 Å². The van der Waals surface area contributed by atoms with Gasteiger partial charge in [-0.3, -0.25) is 9.69 Å². The second-order valence-electron chi connectivity index (χ2n) is 6.52. The van der Waals surface area contributed by atoms with Crippen LogP contribution in [0.4, 0.5) is 0 Å². The molecule has 1 aromatic heterocycles. The summed E-state index contributed by atoms with van der Waals surface area (Å²) in [6.07, 6.45) is 0.621. The van der Waals surface area contributed by atoms with Crippen LogP contribution in [0.5, 0.6) is 5.75 Å². The second kappa shape index (κ2) is 9.68. The lowest BCUT2D eigenvalue weighted by Crippen LogP contribution is -2.21. The lowest BCUT2D eigenvalue weighted by molar-refractivity contribution is -0.122. The van der Waals surface area contributed by atoms with Gasteiger partial charge in [0.25, 0.3) is 6.47 Å². The van der Waals surface area contributed by atoms with E-state index in [1.54, 1.807) is 0 Å². The normalized spacial score (nSPS) is 16.6. The van der Waals surface area contributed by atoms with Crippen LogP contribution >= 0.6 is 15.9 Å². The highest BCUT2D eigenvalue weighted by Crippen LogP contribution is 2.27. The minimum absolute atomic E-state index is 0.216. The Kier molecular flexibility index (Phi) is 7.02. The molecule has 0 unspecified atom stereocenters. The molecule has 1 saturated heterocycles. The number of carboxylic acid groups (broad SMARTS) is 1. The van der Waals surface area contributed by atoms with E-state index in [0.717, 1.165) is 58.7 Å². The number of aliphatic hydroxyl groups excluding tert-OH is 1. The van der Waals surface area contributed by atoms with Crippen molar-refractivity contribution in [2.75, 3.05) is 13.1 Å². The first-order valence-electron chi connectivity index (χ1n) is 8.92. The largest absolute Gasteiger partial charge is 0.485 e. The van der Waals surface area contributed by atoms with Crippen molar-refractivity contribution in [3.63, 3.8) is 0 Å². The number of para-hydroxylation sites is 2. The van der Waals surface area contributed by atoms with Gasteiger partial charge in [-0.05, 0) is 36.8 Å². The fourth-order valence-electron chi connectivity index (χ4n) is 3.23. The van der Waals surface area contributed by atoms with Crippen LogP contribution < -0.4 is 4.74 Å². The number of nitrogens with one attached hydrogen (secondary N) is 1. The van der Waals surface area contributed by atoms with Crippen molar-refractivity contribution < 1.29 is 19.7 Å². The Morgan fingerprint density at radius 2 is 2.11 bits per heavy atom. The summed E-state index contributed by atoms with van der Waals surface area (Å²) in [7, 11) is 0. The first-order valence-corrected chi connectivity index (χ1v) is 9.71. The number of aliphatic hydroxyl groups is 1. The number of rotatable bonds is 5. The molecular weight excluding hydrogens is 426 g/mol. The van der Waals surface area contributed by atoms with Gasteiger partial charge in [-0.2, -0.15) is 0 Å². The molecule has 2 heterocycles. The molecule has 3 aromatic rings. The van der Waals surface area contributed by atoms with Crippen LogP contribution in [0, 0.1) is 0 Å². The Labute approximate surface area is 171 Å². The zero-order valence-electron chi connectivity index (χ0n) is 15.2. The minimum Gasteiger partial charge on any atom is -0.485 e. The highest BCUT2D eigenvalue weighted by atomic mass is 79.9. The molecule has 3 N–H and O–H groups in total. The number of β-amino-alcohol motifs (C(OH)–C–C–N with tert-alkyl or cyclic N) is 1. The van der Waals surface area contributed by atoms with E-state index < -0.39 is 0 Å². The van der Waals surface area contributed by atoms with E-state index >= 15 is 0 Å². The Hall–Kier alpha value is -2.42. The van der Waals surface area contributed by atoms with Crippen molar-refractivity contribution in [2.45, 2.75) is 25.7 Å². The van der Waals surface area contributed by atoms with Crippen LogP contribution in [0.2, 0.25) is 0 Å². The van der Waals surface area contributed by atoms with Gasteiger partial charge in [-0.1, -0.05) is 28.1 Å². The average Bonchev–Trinajstić information content (AvgIpc) is 3.27. The van der Waals surface area contributed by atoms with E-state index in [-0.39, 0.29) is 12.6 Å². The molecule has 0 saturated carbocycles. The quantitative estimate of drug-likeness (QED) is 0.519. The second-order valence-corrected chi connectivity index (χ2v) is 7.44. The first-order chi connectivity index (χ1) is 13.6. The number of hydrogen-bond donors (Lipinski definition) is 3. The molecule has 0 spiro atoms. The molecule has 0 amide bonds. The van der Waals surface area contributed by atoms with Crippen LogP contribution in [0.3, 0.4) is 0 Å². The molecule has 0 bridgehead atoms. The summed E-state index contributed by atoms with van der Waals surface area (Å²) in [4.78, 5) is 18.5. The summed E-state index contributed by atoms with van der Waals surface area (Å²) in [5, 5.41) is 16.6. The van der Waals surface area contributed by atoms with E-state index in [1.165, 1.54) is 0 Å². The van der Waals surface area contributed by atoms with Crippen LogP contribution in [0.25, 0.3) is 11.0 Å². The SMILES string of the molecule is O=CO.O[C@H]1CCN(Cc2cc(Br)ccc2OCc2nc3ccccc3[nH]2)C1. The van der Waals surface area contributed by atoms with Crippen molar-refractivity contribution in [3.8, 4) is 5.75 Å². The van der Waals surface area contributed by atoms with Crippen molar-refractivity contribution in [2.24, 2.45) is 0 Å². The van der Waals surface area contributed by atoms with E-state index in [0.29, 0.717) is 6.61 Å². The number of aromatic amines is 1. The van der Waals surface area contributed by atoms with Crippen molar-refractivity contribution >= 4 is 33.4 Å². The summed E-state index contributed by atoms with van der Waals surface area (Å²) >= 11 is 3.53. The van der Waals surface area contributed by atoms with Gasteiger partial charge in [0.2, 0.25) is 0 Å². The predicted octanol–water partition coefficient (Wildman–Crippen LogP) is 3.17. The number of imidazole rings is 1. The van der Waals surface area contributed by atoms with Gasteiger partial charge in [-0.15, -0.1) is 0 Å². The van der Waals surface area contributed by atoms with Gasteiger partial charge in [0.05, 0.1) is 17.1 Å². The van der Waals surface area contributed by atoms with Crippen molar-refractivity contribution in [1.82, 2.24) is 14.9 Å². The molecular formula is C20H22BrN3O4. The lowest BCUT2D eigenvalue weighted by Gasteiger charge is -2.18. The third-order valence-electron chi connectivity index (χ3n) is 4.47. The van der Waals surface area contributed by atoms with Gasteiger partial charge >= 0.3 is 0 Å². The topological polar surface area (TPSA) is 98.7 Å². The number of hydrogen-bond acceptors (Lipinski definition) is 5. The van der Waals surface area contributed by atoms with E-state index in [9.17, 15) is 5.11 Å². The molecule has 2 aromatic carbocycles. The molecule has 7 nitrogen and oxygen atoms in total. The molecule has 1 aliphatic rings. The smallest absolute Gasteiger partial charge is 0.290 e. The zero-order chi connectivity index (χ0) is 19.9. The lowest BCUT2D eigenvalue weighted by atomic mass is 10.2. The monoisotopic (exact) mass is 447 g/mol. The fraction of sp³-hybridized carbons (Fsp3) is 0.300. The summed E-state index contributed by atoms with van der Waals surface area (Å²) in [5.74, 6) is 1.66. The van der Waals surface area contributed by atoms with Gasteiger partial charge in [0.1, 0.15) is 18.2 Å². The number of fused-ring (bicyclic) bond motifs is 1. The average molecular weight is 448 g/mol. The van der Waals surface area contributed by atoms with E-state index in [1.807, 2.05) is 36.4 Å². The maximum atomic E-state index is 9.73. The number of aromatic nitrogens is 2. The van der Waals surface area contributed by atoms with Crippen LogP contribution in [-0.2, 0) is 17.9 Å². The summed E-state index contributed by atoms with van der Waals surface area (Å²) < 4.78 is 7.07. The van der Waals surface area contributed by atoms with E-state index in [2.05, 4.69) is 36.9 Å². The number of halogens is 1. The Morgan fingerprint density at radius 3 is 2.82 bits per heavy atom.